The van der Waals surface area contributed by atoms with Gasteiger partial charge in [-0.3, -0.25) is 0 Å². The van der Waals surface area contributed by atoms with Crippen LogP contribution < -0.4 is 4.74 Å². The van der Waals surface area contributed by atoms with Crippen LogP contribution in [0.5, 0.6) is 5.75 Å². The third kappa shape index (κ3) is 3.68. The number of hydrogen-bond acceptors (Lipinski definition) is 2. The number of rotatable bonds is 4. The Morgan fingerprint density at radius 1 is 1.14 bits per heavy atom. The fraction of sp³-hybridized carbons (Fsp3) is 0.588. The van der Waals surface area contributed by atoms with Crippen LogP contribution >= 0.6 is 0 Å². The molecule has 1 aliphatic heterocycles. The van der Waals surface area contributed by atoms with Gasteiger partial charge in [0.2, 0.25) is 0 Å². The first-order valence-corrected chi connectivity index (χ1v) is 7.43. The van der Waals surface area contributed by atoms with E-state index in [1.54, 1.807) is 7.05 Å². The standard InChI is InChI=1S/C17H25N2O.Pd/c1-10(2)16(11(3)4)20-14-9-7-8-13-12(5)19-17(18-6)15(13)14;/h7-12,16H,1-6H3;/q-1;. The monoisotopic (exact) mass is 379 g/mol. The molecule has 0 aliphatic carbocycles. The Labute approximate surface area is 142 Å². The number of nitrogens with zero attached hydrogens (tertiary/aromatic N) is 2. The van der Waals surface area contributed by atoms with E-state index in [1.165, 1.54) is 5.56 Å². The van der Waals surface area contributed by atoms with Gasteiger partial charge in [-0.1, -0.05) is 59.6 Å². The van der Waals surface area contributed by atoms with Gasteiger partial charge in [-0.15, -0.1) is 0 Å². The van der Waals surface area contributed by atoms with Crippen molar-refractivity contribution in [1.29, 1.82) is 0 Å². The molecule has 4 heteroatoms. The summed E-state index contributed by atoms with van der Waals surface area (Å²) in [5.74, 6) is 2.69. The van der Waals surface area contributed by atoms with E-state index in [0.717, 1.165) is 17.1 Å². The van der Waals surface area contributed by atoms with E-state index in [1.807, 2.05) is 6.07 Å². The molecule has 1 aromatic carbocycles. The van der Waals surface area contributed by atoms with Crippen molar-refractivity contribution >= 4 is 5.84 Å². The molecule has 120 valence electrons. The molecule has 1 aliphatic rings. The first-order valence-electron chi connectivity index (χ1n) is 7.43. The van der Waals surface area contributed by atoms with E-state index < -0.39 is 0 Å². The van der Waals surface area contributed by atoms with Crippen molar-refractivity contribution in [3.05, 3.63) is 34.6 Å². The van der Waals surface area contributed by atoms with Crippen molar-refractivity contribution in [2.24, 2.45) is 16.8 Å². The molecule has 1 atom stereocenters. The van der Waals surface area contributed by atoms with E-state index in [9.17, 15) is 0 Å². The fourth-order valence-corrected chi connectivity index (χ4v) is 2.91. The van der Waals surface area contributed by atoms with E-state index in [0.29, 0.717) is 11.8 Å². The van der Waals surface area contributed by atoms with Crippen molar-refractivity contribution in [2.45, 2.75) is 46.8 Å². The molecule has 0 N–H and O–H groups in total. The van der Waals surface area contributed by atoms with Crippen LogP contribution in [-0.4, -0.2) is 19.0 Å². The van der Waals surface area contributed by atoms with Gasteiger partial charge < -0.3 is 15.0 Å². The molecule has 3 nitrogen and oxygen atoms in total. The quantitative estimate of drug-likeness (QED) is 0.706. The fourth-order valence-electron chi connectivity index (χ4n) is 2.91. The Bertz CT molecular complexity index is 504. The minimum atomic E-state index is 0. The van der Waals surface area contributed by atoms with Gasteiger partial charge in [-0.2, -0.15) is 0 Å². The predicted molar refractivity (Wildman–Crippen MR) is 84.8 cm³/mol. The Balaban J connectivity index is 0.00000220. The molecule has 21 heavy (non-hydrogen) atoms. The first-order chi connectivity index (χ1) is 9.45. The van der Waals surface area contributed by atoms with Crippen molar-refractivity contribution in [3.8, 4) is 5.75 Å². The van der Waals surface area contributed by atoms with Gasteiger partial charge in [-0.25, -0.2) is 0 Å². The van der Waals surface area contributed by atoms with E-state index >= 15 is 0 Å². The second-order valence-electron chi connectivity index (χ2n) is 6.14. The minimum Gasteiger partial charge on any atom is -0.489 e. The Morgan fingerprint density at radius 2 is 1.76 bits per heavy atom. The van der Waals surface area contributed by atoms with Crippen molar-refractivity contribution < 1.29 is 25.2 Å². The summed E-state index contributed by atoms with van der Waals surface area (Å²) < 4.78 is 6.32. The number of aliphatic imine (C=N–C) groups is 1. The van der Waals surface area contributed by atoms with Gasteiger partial charge in [0.25, 0.3) is 0 Å². The third-order valence-corrected chi connectivity index (χ3v) is 3.84. The maximum Gasteiger partial charge on any atom is 0.127 e. The zero-order valence-corrected chi connectivity index (χ0v) is 15.2. The second-order valence-corrected chi connectivity index (χ2v) is 6.14. The van der Waals surface area contributed by atoms with Gasteiger partial charge in [0, 0.05) is 26.0 Å². The molecule has 0 amide bonds. The third-order valence-electron chi connectivity index (χ3n) is 3.84. The van der Waals surface area contributed by atoms with Crippen LogP contribution in [0.3, 0.4) is 0 Å². The minimum absolute atomic E-state index is 0. The van der Waals surface area contributed by atoms with E-state index in [4.69, 9.17) is 4.74 Å². The van der Waals surface area contributed by atoms with Crippen molar-refractivity contribution in [3.63, 3.8) is 0 Å². The summed E-state index contributed by atoms with van der Waals surface area (Å²) in [5, 5.41) is 4.60. The Morgan fingerprint density at radius 3 is 2.29 bits per heavy atom. The van der Waals surface area contributed by atoms with Crippen LogP contribution in [0.15, 0.2) is 23.2 Å². The average molecular weight is 380 g/mol. The van der Waals surface area contributed by atoms with E-state index in [2.05, 4.69) is 57.1 Å². The van der Waals surface area contributed by atoms with Crippen LogP contribution in [0, 0.1) is 11.8 Å². The number of fused-ring (bicyclic) bond motifs is 1. The van der Waals surface area contributed by atoms with Gasteiger partial charge in [-0.05, 0) is 29.5 Å². The predicted octanol–water partition coefficient (Wildman–Crippen LogP) is 4.57. The summed E-state index contributed by atoms with van der Waals surface area (Å²) >= 11 is 0. The molecular formula is C17H25N2OPd-. The molecule has 0 aromatic heterocycles. The summed E-state index contributed by atoms with van der Waals surface area (Å²) in [6.45, 7) is 10.9. The maximum absolute atomic E-state index is 6.32. The van der Waals surface area contributed by atoms with Crippen LogP contribution in [0.2, 0.25) is 0 Å². The van der Waals surface area contributed by atoms with Crippen LogP contribution in [-0.2, 0) is 20.4 Å². The molecule has 0 spiro atoms. The van der Waals surface area contributed by atoms with Crippen molar-refractivity contribution in [2.75, 3.05) is 7.05 Å². The number of benzene rings is 1. The largest absolute Gasteiger partial charge is 0.489 e. The molecule has 1 unspecified atom stereocenters. The smallest absolute Gasteiger partial charge is 0.127 e. The second kappa shape index (κ2) is 7.43. The topological polar surface area (TPSA) is 35.7 Å². The molecule has 0 saturated carbocycles. The summed E-state index contributed by atoms with van der Waals surface area (Å²) in [4.78, 5) is 4.31. The Kier molecular flexibility index (Phi) is 6.44. The summed E-state index contributed by atoms with van der Waals surface area (Å²) in [6.07, 6.45) is 0.204. The molecule has 1 aromatic rings. The van der Waals surface area contributed by atoms with Crippen LogP contribution in [0.25, 0.3) is 5.32 Å². The zero-order chi connectivity index (χ0) is 14.9. The average Bonchev–Trinajstić information content (AvgIpc) is 2.73. The van der Waals surface area contributed by atoms with E-state index in [-0.39, 0.29) is 32.6 Å². The van der Waals surface area contributed by atoms with Gasteiger partial charge in [0.15, 0.2) is 0 Å². The molecule has 2 rings (SSSR count). The summed E-state index contributed by atoms with van der Waals surface area (Å²) in [5.41, 5.74) is 2.29. The number of amidine groups is 1. The summed E-state index contributed by atoms with van der Waals surface area (Å²) in [7, 11) is 1.79. The molecule has 0 radical (unpaired) electrons. The SMILES string of the molecule is CN=C1[N-]C(C)c2cccc(OC(C(C)C)C(C)C)c21.[Pd]. The molecule has 0 fully saturated rings. The van der Waals surface area contributed by atoms with Crippen LogP contribution in [0.4, 0.5) is 0 Å². The zero-order valence-electron chi connectivity index (χ0n) is 13.7. The number of ether oxygens (including phenoxy) is 1. The normalized spacial score (nSPS) is 18.9. The molecule has 1 heterocycles. The van der Waals surface area contributed by atoms with Crippen molar-refractivity contribution in [1.82, 2.24) is 0 Å². The maximum atomic E-state index is 6.32. The Hall–Kier alpha value is -0.848. The molecule has 0 saturated heterocycles. The van der Waals surface area contributed by atoms with Crippen LogP contribution in [0.1, 0.15) is 51.8 Å². The van der Waals surface area contributed by atoms with Gasteiger partial charge in [0.1, 0.15) is 11.9 Å². The summed E-state index contributed by atoms with van der Waals surface area (Å²) in [6, 6.07) is 6.38. The first kappa shape index (κ1) is 18.2. The van der Waals surface area contributed by atoms with Gasteiger partial charge in [0.05, 0.1) is 0 Å². The van der Waals surface area contributed by atoms with Gasteiger partial charge >= 0.3 is 0 Å². The number of hydrogen-bond donors (Lipinski definition) is 0. The molecule has 0 bridgehead atoms. The molecular weight excluding hydrogens is 355 g/mol.